The molecule has 1 aliphatic heterocycles. The average molecular weight is 404 g/mol. The van der Waals surface area contributed by atoms with Crippen LogP contribution in [0.2, 0.25) is 0 Å². The third-order valence-corrected chi connectivity index (χ3v) is 3.98. The molecular weight excluding hydrogens is 376 g/mol. The van der Waals surface area contributed by atoms with Gasteiger partial charge in [0.2, 0.25) is 0 Å². The number of hydrogen-bond donors (Lipinski definition) is 2. The van der Waals surface area contributed by atoms with Crippen molar-refractivity contribution < 1.29 is 23.9 Å². The fourth-order valence-corrected chi connectivity index (χ4v) is 2.81. The number of nitrogens with two attached hydrogens (primary N) is 1. The minimum Gasteiger partial charge on any atom is -0.443 e. The van der Waals surface area contributed by atoms with Gasteiger partial charge in [-0.1, -0.05) is 13.8 Å². The van der Waals surface area contributed by atoms with Gasteiger partial charge in [-0.3, -0.25) is 14.5 Å². The van der Waals surface area contributed by atoms with Crippen molar-refractivity contribution in [1.29, 1.82) is 0 Å². The molecule has 0 spiro atoms. The Hall–Kier alpha value is -2.94. The number of carbonyl (C=O) groups excluding carboxylic acids is 4. The smallest absolute Gasteiger partial charge is 0.418 e. The number of imide groups is 2. The average Bonchev–Trinajstić information content (AvgIpc) is 2.82. The second-order valence-electron chi connectivity index (χ2n) is 8.23. The van der Waals surface area contributed by atoms with Crippen molar-refractivity contribution in [1.82, 2.24) is 9.80 Å². The number of ether oxygens (including phenoxy) is 1. The van der Waals surface area contributed by atoms with Gasteiger partial charge in [-0.2, -0.15) is 0 Å². The molecule has 0 saturated heterocycles. The zero-order valence-corrected chi connectivity index (χ0v) is 17.4. The first-order valence-electron chi connectivity index (χ1n) is 9.46. The Balaban J connectivity index is 2.19. The van der Waals surface area contributed by atoms with Crippen LogP contribution in [0.25, 0.3) is 0 Å². The number of benzene rings is 1. The monoisotopic (exact) mass is 404 g/mol. The van der Waals surface area contributed by atoms with Crippen molar-refractivity contribution >= 4 is 29.6 Å². The van der Waals surface area contributed by atoms with E-state index in [0.717, 1.165) is 4.90 Å². The van der Waals surface area contributed by atoms with Gasteiger partial charge >= 0.3 is 12.1 Å². The lowest BCUT2D eigenvalue weighted by Gasteiger charge is -2.26. The molecule has 1 aromatic carbocycles. The molecule has 158 valence electrons. The van der Waals surface area contributed by atoms with Crippen molar-refractivity contribution in [2.45, 2.75) is 40.2 Å². The zero-order chi connectivity index (χ0) is 21.9. The van der Waals surface area contributed by atoms with E-state index in [1.165, 1.54) is 23.1 Å². The highest BCUT2D eigenvalue weighted by Gasteiger charge is 2.36. The van der Waals surface area contributed by atoms with E-state index in [2.05, 4.69) is 5.32 Å². The summed E-state index contributed by atoms with van der Waals surface area (Å²) in [6.45, 7) is 9.24. The third kappa shape index (κ3) is 5.32. The maximum atomic E-state index is 12.6. The SMILES string of the molecule is CC(C)CN1C(=O)c2ccc(NC(=O)N(CCN)C(=O)OC(C)(C)C)cc2C1=O. The molecule has 3 N–H and O–H groups in total. The number of hydrogen-bond acceptors (Lipinski definition) is 6. The second kappa shape index (κ2) is 8.60. The van der Waals surface area contributed by atoms with Crippen LogP contribution in [0.1, 0.15) is 55.3 Å². The summed E-state index contributed by atoms with van der Waals surface area (Å²) in [5.74, 6) is -0.620. The molecular formula is C20H28N4O5. The van der Waals surface area contributed by atoms with E-state index in [-0.39, 0.29) is 36.2 Å². The molecule has 29 heavy (non-hydrogen) atoms. The zero-order valence-electron chi connectivity index (χ0n) is 17.4. The number of amides is 5. The van der Waals surface area contributed by atoms with Gasteiger partial charge in [0, 0.05) is 25.3 Å². The number of rotatable bonds is 5. The minimum absolute atomic E-state index is 0.0364. The van der Waals surface area contributed by atoms with Crippen LogP contribution >= 0.6 is 0 Å². The highest BCUT2D eigenvalue weighted by molar-refractivity contribution is 6.22. The number of anilines is 1. The Morgan fingerprint density at radius 1 is 1.17 bits per heavy atom. The van der Waals surface area contributed by atoms with Gasteiger partial charge in [0.15, 0.2) is 0 Å². The number of fused-ring (bicyclic) bond motifs is 1. The lowest BCUT2D eigenvalue weighted by Crippen LogP contribution is -2.45. The van der Waals surface area contributed by atoms with Crippen molar-refractivity contribution in [3.63, 3.8) is 0 Å². The molecule has 2 rings (SSSR count). The van der Waals surface area contributed by atoms with E-state index in [0.29, 0.717) is 12.1 Å². The first kappa shape index (κ1) is 22.4. The van der Waals surface area contributed by atoms with Crippen LogP contribution in [-0.4, -0.2) is 59.0 Å². The molecule has 0 bridgehead atoms. The van der Waals surface area contributed by atoms with Crippen molar-refractivity contribution in [2.75, 3.05) is 25.0 Å². The molecule has 1 aromatic rings. The molecule has 9 nitrogen and oxygen atoms in total. The molecule has 0 fully saturated rings. The third-order valence-electron chi connectivity index (χ3n) is 3.98. The van der Waals surface area contributed by atoms with Crippen LogP contribution in [0.4, 0.5) is 15.3 Å². The Morgan fingerprint density at radius 2 is 1.79 bits per heavy atom. The Kier molecular flexibility index (Phi) is 6.63. The van der Waals surface area contributed by atoms with Crippen molar-refractivity contribution in [2.24, 2.45) is 11.7 Å². The fourth-order valence-electron chi connectivity index (χ4n) is 2.81. The molecule has 9 heteroatoms. The lowest BCUT2D eigenvalue weighted by atomic mass is 10.1. The summed E-state index contributed by atoms with van der Waals surface area (Å²) >= 11 is 0. The standard InChI is InChI=1S/C20H28N4O5/c1-12(2)11-24-16(25)14-7-6-13(10-15(14)17(24)26)22-18(27)23(9-8-21)19(28)29-20(3,4)5/h6-7,10,12H,8-9,11,21H2,1-5H3,(H,22,27). The summed E-state index contributed by atoms with van der Waals surface area (Å²) in [5.41, 5.74) is 5.53. The van der Waals surface area contributed by atoms with Crippen LogP contribution in [0, 0.1) is 5.92 Å². The predicted octanol–water partition coefficient (Wildman–Crippen LogP) is 2.67. The van der Waals surface area contributed by atoms with Crippen molar-refractivity contribution in [3.8, 4) is 0 Å². The summed E-state index contributed by atoms with van der Waals surface area (Å²) in [5, 5.41) is 2.56. The highest BCUT2D eigenvalue weighted by Crippen LogP contribution is 2.26. The summed E-state index contributed by atoms with van der Waals surface area (Å²) in [6.07, 6.45) is -0.823. The summed E-state index contributed by atoms with van der Waals surface area (Å²) in [7, 11) is 0. The Labute approximate surface area is 170 Å². The number of urea groups is 1. The molecule has 0 saturated carbocycles. The van der Waals surface area contributed by atoms with Gasteiger partial charge in [-0.05, 0) is 44.9 Å². The van der Waals surface area contributed by atoms with Crippen LogP contribution in [0.3, 0.4) is 0 Å². The molecule has 1 heterocycles. The number of nitrogens with one attached hydrogen (secondary N) is 1. The number of carbonyl (C=O) groups is 4. The van der Waals surface area contributed by atoms with Crippen LogP contribution in [-0.2, 0) is 4.74 Å². The van der Waals surface area contributed by atoms with E-state index in [1.54, 1.807) is 20.8 Å². The van der Waals surface area contributed by atoms with Gasteiger partial charge in [0.1, 0.15) is 5.60 Å². The Morgan fingerprint density at radius 3 is 2.34 bits per heavy atom. The summed E-state index contributed by atoms with van der Waals surface area (Å²) in [4.78, 5) is 51.9. The summed E-state index contributed by atoms with van der Waals surface area (Å²) in [6, 6.07) is 3.70. The van der Waals surface area contributed by atoms with Gasteiger partial charge in [-0.15, -0.1) is 0 Å². The van der Waals surface area contributed by atoms with Crippen LogP contribution in [0.5, 0.6) is 0 Å². The van der Waals surface area contributed by atoms with Crippen LogP contribution in [0.15, 0.2) is 18.2 Å². The molecule has 0 radical (unpaired) electrons. The predicted molar refractivity (Wildman–Crippen MR) is 108 cm³/mol. The molecule has 0 unspecified atom stereocenters. The Bertz CT molecular complexity index is 829. The van der Waals surface area contributed by atoms with Crippen LogP contribution < -0.4 is 11.1 Å². The largest absolute Gasteiger partial charge is 0.443 e. The maximum absolute atomic E-state index is 12.6. The highest BCUT2D eigenvalue weighted by atomic mass is 16.6. The van der Waals surface area contributed by atoms with E-state index >= 15 is 0 Å². The van der Waals surface area contributed by atoms with Gasteiger partial charge in [0.25, 0.3) is 11.8 Å². The van der Waals surface area contributed by atoms with Gasteiger partial charge in [0.05, 0.1) is 11.1 Å². The second-order valence-corrected chi connectivity index (χ2v) is 8.23. The maximum Gasteiger partial charge on any atom is 0.418 e. The lowest BCUT2D eigenvalue weighted by molar-refractivity contribution is 0.0336. The fraction of sp³-hybridized carbons (Fsp3) is 0.500. The molecule has 1 aliphatic rings. The van der Waals surface area contributed by atoms with Gasteiger partial charge < -0.3 is 15.8 Å². The minimum atomic E-state index is -0.823. The quantitative estimate of drug-likeness (QED) is 0.728. The van der Waals surface area contributed by atoms with Crippen molar-refractivity contribution in [3.05, 3.63) is 29.3 Å². The van der Waals surface area contributed by atoms with E-state index < -0.39 is 23.6 Å². The normalized spacial score (nSPS) is 13.6. The summed E-state index contributed by atoms with van der Waals surface area (Å²) < 4.78 is 5.23. The molecule has 0 atom stereocenters. The first-order chi connectivity index (χ1) is 13.4. The van der Waals surface area contributed by atoms with E-state index in [1.807, 2.05) is 13.8 Å². The number of nitrogens with zero attached hydrogens (tertiary/aromatic N) is 2. The first-order valence-corrected chi connectivity index (χ1v) is 9.46. The molecule has 5 amide bonds. The topological polar surface area (TPSA) is 122 Å². The van der Waals surface area contributed by atoms with Gasteiger partial charge in [-0.25, -0.2) is 14.5 Å². The van der Waals surface area contributed by atoms with E-state index in [9.17, 15) is 19.2 Å². The molecule has 0 aliphatic carbocycles. The van der Waals surface area contributed by atoms with E-state index in [4.69, 9.17) is 10.5 Å². The molecule has 0 aromatic heterocycles.